The van der Waals surface area contributed by atoms with E-state index in [4.69, 9.17) is 0 Å². The Morgan fingerprint density at radius 2 is 1.78 bits per heavy atom. The maximum absolute atomic E-state index is 3.61. The molecule has 0 radical (unpaired) electrons. The average Bonchev–Trinajstić information content (AvgIpc) is 2.44. The molecule has 18 heavy (non-hydrogen) atoms. The molecule has 104 valence electrons. The van der Waals surface area contributed by atoms with Crippen LogP contribution in [0.3, 0.4) is 0 Å². The van der Waals surface area contributed by atoms with Gasteiger partial charge >= 0.3 is 0 Å². The smallest absolute Gasteiger partial charge is 0.0170 e. The summed E-state index contributed by atoms with van der Waals surface area (Å²) in [6.07, 6.45) is 15.7. The van der Waals surface area contributed by atoms with Gasteiger partial charge in [0.25, 0.3) is 0 Å². The van der Waals surface area contributed by atoms with E-state index in [2.05, 4.69) is 12.2 Å². The van der Waals surface area contributed by atoms with Crippen LogP contribution in [0.15, 0.2) is 11.1 Å². The van der Waals surface area contributed by atoms with Gasteiger partial charge in [0.05, 0.1) is 0 Å². The molecule has 0 amide bonds. The summed E-state index contributed by atoms with van der Waals surface area (Å²) in [5.41, 5.74) is 3.67. The van der Waals surface area contributed by atoms with Crippen molar-refractivity contribution < 1.29 is 0 Å². The molecule has 0 aromatic rings. The molecule has 0 aromatic carbocycles. The summed E-state index contributed by atoms with van der Waals surface area (Å²) in [5.74, 6) is 0.899. The summed E-state index contributed by atoms with van der Waals surface area (Å²) < 4.78 is 0. The van der Waals surface area contributed by atoms with Gasteiger partial charge in [0.1, 0.15) is 0 Å². The lowest BCUT2D eigenvalue weighted by Gasteiger charge is -2.28. The Bertz CT molecular complexity index is 267. The first-order valence-corrected chi connectivity index (χ1v) is 8.33. The van der Waals surface area contributed by atoms with E-state index in [-0.39, 0.29) is 0 Å². The van der Waals surface area contributed by atoms with Crippen LogP contribution < -0.4 is 5.32 Å². The van der Waals surface area contributed by atoms with Crippen LogP contribution in [0, 0.1) is 5.92 Å². The maximum atomic E-state index is 3.61. The Labute approximate surface area is 113 Å². The first kappa shape index (κ1) is 14.1. The highest BCUT2D eigenvalue weighted by atomic mass is 14.9. The summed E-state index contributed by atoms with van der Waals surface area (Å²) in [7, 11) is 0. The second kappa shape index (κ2) is 7.99. The highest BCUT2D eigenvalue weighted by molar-refractivity contribution is 5.22. The molecule has 0 saturated carbocycles. The number of hydrogen-bond donors (Lipinski definition) is 1. The molecule has 1 heteroatoms. The average molecular weight is 249 g/mol. The van der Waals surface area contributed by atoms with E-state index in [1.165, 1.54) is 83.7 Å². The van der Waals surface area contributed by atoms with Crippen molar-refractivity contribution in [1.82, 2.24) is 5.32 Å². The molecule has 1 atom stereocenters. The van der Waals surface area contributed by atoms with Crippen molar-refractivity contribution in [3.63, 3.8) is 0 Å². The third kappa shape index (κ3) is 4.12. The first-order valence-electron chi connectivity index (χ1n) is 8.33. The third-order valence-electron chi connectivity index (χ3n) is 4.78. The van der Waals surface area contributed by atoms with Gasteiger partial charge in [0.2, 0.25) is 0 Å². The lowest BCUT2D eigenvalue weighted by Crippen LogP contribution is -2.28. The van der Waals surface area contributed by atoms with Crippen molar-refractivity contribution in [2.75, 3.05) is 13.1 Å². The van der Waals surface area contributed by atoms with Crippen molar-refractivity contribution in [3.8, 4) is 0 Å². The molecule has 2 rings (SSSR count). The van der Waals surface area contributed by atoms with Gasteiger partial charge in [0, 0.05) is 6.54 Å². The Balaban J connectivity index is 2.09. The van der Waals surface area contributed by atoms with Gasteiger partial charge in [-0.15, -0.1) is 0 Å². The van der Waals surface area contributed by atoms with Gasteiger partial charge in [-0.1, -0.05) is 56.6 Å². The highest BCUT2D eigenvalue weighted by Crippen LogP contribution is 2.32. The summed E-state index contributed by atoms with van der Waals surface area (Å²) in [6.45, 7) is 4.76. The van der Waals surface area contributed by atoms with Crippen molar-refractivity contribution in [2.45, 2.75) is 77.6 Å². The fraction of sp³-hybridized carbons (Fsp3) is 0.882. The quantitative estimate of drug-likeness (QED) is 0.691. The van der Waals surface area contributed by atoms with E-state index >= 15 is 0 Å². The zero-order chi connectivity index (χ0) is 12.6. The molecule has 0 aromatic heterocycles. The van der Waals surface area contributed by atoms with Gasteiger partial charge < -0.3 is 5.32 Å². The Morgan fingerprint density at radius 1 is 1.00 bits per heavy atom. The molecule has 1 unspecified atom stereocenters. The second-order valence-corrected chi connectivity index (χ2v) is 6.20. The zero-order valence-electron chi connectivity index (χ0n) is 12.3. The molecule has 1 aliphatic carbocycles. The molecule has 1 heterocycles. The van der Waals surface area contributed by atoms with Crippen LogP contribution in [0.2, 0.25) is 0 Å². The molecule has 1 nitrogen and oxygen atoms in total. The number of nitrogens with one attached hydrogen (secondary N) is 1. The largest absolute Gasteiger partial charge is 0.313 e. The molecular weight excluding hydrogens is 218 g/mol. The maximum Gasteiger partial charge on any atom is 0.0170 e. The van der Waals surface area contributed by atoms with E-state index in [1.807, 2.05) is 11.1 Å². The predicted molar refractivity (Wildman–Crippen MR) is 79.8 cm³/mol. The molecule has 1 aliphatic heterocycles. The minimum atomic E-state index is 0.899. The molecule has 0 saturated heterocycles. The second-order valence-electron chi connectivity index (χ2n) is 6.20. The van der Waals surface area contributed by atoms with E-state index in [0.717, 1.165) is 5.92 Å². The van der Waals surface area contributed by atoms with Gasteiger partial charge in [-0.2, -0.15) is 0 Å². The van der Waals surface area contributed by atoms with Crippen LogP contribution in [0.5, 0.6) is 0 Å². The molecule has 1 N–H and O–H groups in total. The lowest BCUT2D eigenvalue weighted by molar-refractivity contribution is 0.449. The standard InChI is InChI=1S/C17H31N/c1-2-9-15-10-7-5-3-4-6-8-11-16-12-13-18-14-17(15)16/h15,18H,2-14H2,1H3. The number of hydrogen-bond acceptors (Lipinski definition) is 1. The predicted octanol–water partition coefficient (Wildman–Crippen LogP) is 4.83. The van der Waals surface area contributed by atoms with Crippen LogP contribution in [-0.2, 0) is 0 Å². The van der Waals surface area contributed by atoms with Crippen LogP contribution in [0.1, 0.15) is 77.6 Å². The van der Waals surface area contributed by atoms with Crippen LogP contribution in [0.25, 0.3) is 0 Å². The Kier molecular flexibility index (Phi) is 6.26. The number of rotatable bonds is 2. The lowest BCUT2D eigenvalue weighted by atomic mass is 9.83. The van der Waals surface area contributed by atoms with Gasteiger partial charge in [-0.05, 0) is 44.6 Å². The zero-order valence-corrected chi connectivity index (χ0v) is 12.3. The van der Waals surface area contributed by atoms with Gasteiger partial charge in [-0.25, -0.2) is 0 Å². The van der Waals surface area contributed by atoms with Crippen molar-refractivity contribution in [3.05, 3.63) is 11.1 Å². The first-order chi connectivity index (χ1) is 8.92. The summed E-state index contributed by atoms with van der Waals surface area (Å²) in [5, 5.41) is 3.61. The molecule has 0 spiro atoms. The summed E-state index contributed by atoms with van der Waals surface area (Å²) in [6, 6.07) is 0. The fourth-order valence-corrected chi connectivity index (χ4v) is 3.74. The topological polar surface area (TPSA) is 12.0 Å². The SMILES string of the molecule is CCCC1CCCCCCCCC2=C1CNCC2. The Hall–Kier alpha value is -0.300. The van der Waals surface area contributed by atoms with Crippen LogP contribution in [0.4, 0.5) is 0 Å². The van der Waals surface area contributed by atoms with Gasteiger partial charge in [-0.3, -0.25) is 0 Å². The van der Waals surface area contributed by atoms with Crippen LogP contribution >= 0.6 is 0 Å². The van der Waals surface area contributed by atoms with Crippen LogP contribution in [-0.4, -0.2) is 13.1 Å². The van der Waals surface area contributed by atoms with E-state index in [9.17, 15) is 0 Å². The fourth-order valence-electron chi connectivity index (χ4n) is 3.74. The normalized spacial score (nSPS) is 27.5. The Morgan fingerprint density at radius 3 is 2.61 bits per heavy atom. The minimum absolute atomic E-state index is 0.899. The minimum Gasteiger partial charge on any atom is -0.313 e. The van der Waals surface area contributed by atoms with E-state index < -0.39 is 0 Å². The van der Waals surface area contributed by atoms with Crippen molar-refractivity contribution >= 4 is 0 Å². The highest BCUT2D eigenvalue weighted by Gasteiger charge is 2.20. The van der Waals surface area contributed by atoms with E-state index in [1.54, 1.807) is 0 Å². The third-order valence-corrected chi connectivity index (χ3v) is 4.78. The molecule has 0 fully saturated rings. The monoisotopic (exact) mass is 249 g/mol. The van der Waals surface area contributed by atoms with Crippen molar-refractivity contribution in [1.29, 1.82) is 0 Å². The molecular formula is C17H31N. The van der Waals surface area contributed by atoms with Gasteiger partial charge in [0.15, 0.2) is 0 Å². The van der Waals surface area contributed by atoms with E-state index in [0.29, 0.717) is 0 Å². The summed E-state index contributed by atoms with van der Waals surface area (Å²) in [4.78, 5) is 0. The molecule has 2 aliphatic rings. The summed E-state index contributed by atoms with van der Waals surface area (Å²) >= 11 is 0. The molecule has 0 bridgehead atoms. The van der Waals surface area contributed by atoms with Crippen molar-refractivity contribution in [2.24, 2.45) is 5.92 Å².